The molecule has 1 aromatic heterocycles. The van der Waals surface area contributed by atoms with Crippen LogP contribution in [0.3, 0.4) is 0 Å². The molecule has 2 aliphatic rings. The molecule has 6 N–H and O–H groups in total. The summed E-state index contributed by atoms with van der Waals surface area (Å²) in [4.78, 5) is 8.36. The van der Waals surface area contributed by atoms with Gasteiger partial charge in [0, 0.05) is 0 Å². The molecule has 9 heteroatoms. The number of aliphatic hydroxyl groups excluding tert-OH is 3. The number of imidazole rings is 1. The molecule has 0 saturated carbocycles. The van der Waals surface area contributed by atoms with Crippen molar-refractivity contribution in [3.8, 4) is 0 Å². The van der Waals surface area contributed by atoms with Gasteiger partial charge in [0.2, 0.25) is 0 Å². The molecule has 1 aromatic rings. The molecule has 3 rings (SSSR count). The van der Waals surface area contributed by atoms with Crippen LogP contribution in [0.4, 0.5) is 5.82 Å². The molecule has 2 aliphatic heterocycles. The number of fused-ring (bicyclic) bond motifs is 1. The Morgan fingerprint density at radius 3 is 2.86 bits per heavy atom. The zero-order valence-electron chi connectivity index (χ0n) is 12.0. The Morgan fingerprint density at radius 2 is 2.23 bits per heavy atom. The van der Waals surface area contributed by atoms with Crippen LogP contribution in [0.15, 0.2) is 23.2 Å². The minimum atomic E-state index is -1.18. The summed E-state index contributed by atoms with van der Waals surface area (Å²) in [7, 11) is 0. The molecule has 1 fully saturated rings. The normalized spacial score (nSPS) is 32.7. The number of aliphatic imine (C=N–C) groups is 1. The standard InChI is InChI=1S/C13H19N5O4/c1-2-3-7-16-11(14)8-12(17-7)18(5-15-8)13-10(21)9(20)6(4-19)22-13/h3,5-6,9-10,13,17,19-21H,2,4H2,1H3,(H2,14,16)/t6-,9?,10?,13-/m1/s1. The van der Waals surface area contributed by atoms with Crippen LogP contribution >= 0.6 is 0 Å². The van der Waals surface area contributed by atoms with E-state index in [0.29, 0.717) is 17.3 Å². The second kappa shape index (κ2) is 5.69. The summed E-state index contributed by atoms with van der Waals surface area (Å²) >= 11 is 0. The van der Waals surface area contributed by atoms with Gasteiger partial charge in [-0.3, -0.25) is 4.57 Å². The Balaban J connectivity index is 1.96. The first-order valence-electron chi connectivity index (χ1n) is 7.07. The maximum absolute atomic E-state index is 10.1. The fraction of sp³-hybridized carbons (Fsp3) is 0.538. The highest BCUT2D eigenvalue weighted by Crippen LogP contribution is 2.34. The first-order chi connectivity index (χ1) is 10.6. The van der Waals surface area contributed by atoms with E-state index in [0.717, 1.165) is 6.42 Å². The van der Waals surface area contributed by atoms with E-state index >= 15 is 0 Å². The van der Waals surface area contributed by atoms with Gasteiger partial charge in [-0.1, -0.05) is 6.92 Å². The summed E-state index contributed by atoms with van der Waals surface area (Å²) in [5, 5.41) is 32.3. The van der Waals surface area contributed by atoms with Crippen LogP contribution in [0.1, 0.15) is 25.3 Å². The zero-order chi connectivity index (χ0) is 15.9. The van der Waals surface area contributed by atoms with E-state index in [1.165, 1.54) is 6.33 Å². The number of ether oxygens (including phenoxy) is 1. The van der Waals surface area contributed by atoms with Gasteiger partial charge in [0.05, 0.1) is 12.9 Å². The van der Waals surface area contributed by atoms with E-state index < -0.39 is 24.5 Å². The van der Waals surface area contributed by atoms with Crippen molar-refractivity contribution in [3.05, 3.63) is 23.9 Å². The van der Waals surface area contributed by atoms with Crippen LogP contribution in [0.5, 0.6) is 0 Å². The predicted molar refractivity (Wildman–Crippen MR) is 78.0 cm³/mol. The van der Waals surface area contributed by atoms with Crippen LogP contribution < -0.4 is 11.1 Å². The van der Waals surface area contributed by atoms with Crippen LogP contribution in [-0.4, -0.2) is 55.6 Å². The maximum atomic E-state index is 10.1. The Hall–Kier alpha value is -1.94. The number of allylic oxidation sites excluding steroid dienone is 1. The largest absolute Gasteiger partial charge is 0.394 e. The summed E-state index contributed by atoms with van der Waals surface area (Å²) in [6.45, 7) is 1.59. The van der Waals surface area contributed by atoms with Crippen molar-refractivity contribution in [2.75, 3.05) is 11.9 Å². The first-order valence-corrected chi connectivity index (χ1v) is 7.07. The molecular formula is C13H19N5O4. The van der Waals surface area contributed by atoms with Gasteiger partial charge in [0.15, 0.2) is 12.1 Å². The molecular weight excluding hydrogens is 290 g/mol. The molecule has 0 bridgehead atoms. The summed E-state index contributed by atoms with van der Waals surface area (Å²) in [6.07, 6.45) is 0.0168. The summed E-state index contributed by atoms with van der Waals surface area (Å²) in [6, 6.07) is 0. The van der Waals surface area contributed by atoms with Gasteiger partial charge in [0.25, 0.3) is 0 Å². The molecule has 3 heterocycles. The van der Waals surface area contributed by atoms with Crippen molar-refractivity contribution in [1.82, 2.24) is 9.55 Å². The van der Waals surface area contributed by atoms with Gasteiger partial charge in [0.1, 0.15) is 35.6 Å². The predicted octanol–water partition coefficient (Wildman–Crippen LogP) is -1.12. The number of nitrogens with two attached hydrogens (primary N) is 1. The summed E-state index contributed by atoms with van der Waals surface area (Å²) < 4.78 is 7.05. The second-order valence-electron chi connectivity index (χ2n) is 5.20. The highest BCUT2D eigenvalue weighted by molar-refractivity contribution is 6.02. The van der Waals surface area contributed by atoms with Crippen LogP contribution in [0.25, 0.3) is 0 Å². The Bertz CT molecular complexity index is 626. The van der Waals surface area contributed by atoms with Crippen molar-refractivity contribution in [1.29, 1.82) is 0 Å². The number of anilines is 1. The lowest BCUT2D eigenvalue weighted by Crippen LogP contribution is -2.33. The SMILES string of the molecule is CCC=C1N=C(N)c2ncn([C@@H]3O[C@H](CO)C(O)C3O)c2N1. The smallest absolute Gasteiger partial charge is 0.165 e. The molecule has 1 saturated heterocycles. The minimum absolute atomic E-state index is 0.263. The molecule has 0 aromatic carbocycles. The lowest BCUT2D eigenvalue weighted by Gasteiger charge is -2.22. The van der Waals surface area contributed by atoms with E-state index in [-0.39, 0.29) is 12.4 Å². The molecule has 4 atom stereocenters. The molecule has 0 amide bonds. The van der Waals surface area contributed by atoms with Crippen LogP contribution in [0.2, 0.25) is 0 Å². The number of rotatable bonds is 3. The number of hydrogen-bond acceptors (Lipinski definition) is 8. The highest BCUT2D eigenvalue weighted by Gasteiger charge is 2.44. The molecule has 120 valence electrons. The van der Waals surface area contributed by atoms with Gasteiger partial charge in [-0.2, -0.15) is 0 Å². The lowest BCUT2D eigenvalue weighted by molar-refractivity contribution is -0.0518. The molecule has 0 spiro atoms. The van der Waals surface area contributed by atoms with Crippen LogP contribution in [0, 0.1) is 0 Å². The quantitative estimate of drug-likeness (QED) is 0.476. The van der Waals surface area contributed by atoms with Gasteiger partial charge >= 0.3 is 0 Å². The van der Waals surface area contributed by atoms with Gasteiger partial charge in [-0.15, -0.1) is 0 Å². The lowest BCUT2D eigenvalue weighted by atomic mass is 10.1. The Labute approximate surface area is 126 Å². The number of amidine groups is 1. The average molecular weight is 309 g/mol. The van der Waals surface area contributed by atoms with Gasteiger partial charge < -0.3 is 31.1 Å². The molecule has 9 nitrogen and oxygen atoms in total. The third-order valence-corrected chi connectivity index (χ3v) is 3.71. The third-order valence-electron chi connectivity index (χ3n) is 3.71. The van der Waals surface area contributed by atoms with Crippen molar-refractivity contribution in [2.45, 2.75) is 37.9 Å². The van der Waals surface area contributed by atoms with Crippen molar-refractivity contribution >= 4 is 11.7 Å². The average Bonchev–Trinajstić information content (AvgIpc) is 3.03. The molecule has 0 aliphatic carbocycles. The number of aliphatic hydroxyl groups is 3. The van der Waals surface area contributed by atoms with Crippen molar-refractivity contribution < 1.29 is 20.1 Å². The maximum Gasteiger partial charge on any atom is 0.165 e. The minimum Gasteiger partial charge on any atom is -0.394 e. The fourth-order valence-corrected chi connectivity index (χ4v) is 2.60. The van der Waals surface area contributed by atoms with E-state index in [1.807, 2.05) is 13.0 Å². The van der Waals surface area contributed by atoms with Crippen LogP contribution in [-0.2, 0) is 4.74 Å². The Kier molecular flexibility index (Phi) is 3.87. The van der Waals surface area contributed by atoms with E-state index in [1.54, 1.807) is 4.57 Å². The van der Waals surface area contributed by atoms with E-state index in [9.17, 15) is 15.3 Å². The van der Waals surface area contributed by atoms with Crippen molar-refractivity contribution in [2.24, 2.45) is 10.7 Å². The third kappa shape index (κ3) is 2.28. The van der Waals surface area contributed by atoms with E-state index in [4.69, 9.17) is 10.5 Å². The first kappa shape index (κ1) is 15.0. The number of nitrogens with zero attached hydrogens (tertiary/aromatic N) is 3. The molecule has 2 unspecified atom stereocenters. The van der Waals surface area contributed by atoms with E-state index in [2.05, 4.69) is 15.3 Å². The fourth-order valence-electron chi connectivity index (χ4n) is 2.60. The zero-order valence-corrected chi connectivity index (χ0v) is 12.0. The number of hydrogen-bond donors (Lipinski definition) is 5. The monoisotopic (exact) mass is 309 g/mol. The summed E-state index contributed by atoms with van der Waals surface area (Å²) in [5.41, 5.74) is 6.35. The second-order valence-corrected chi connectivity index (χ2v) is 5.20. The van der Waals surface area contributed by atoms with Gasteiger partial charge in [-0.05, 0) is 12.5 Å². The van der Waals surface area contributed by atoms with Crippen molar-refractivity contribution in [3.63, 3.8) is 0 Å². The highest BCUT2D eigenvalue weighted by atomic mass is 16.6. The van der Waals surface area contributed by atoms with Gasteiger partial charge in [-0.25, -0.2) is 9.98 Å². The Morgan fingerprint density at radius 1 is 1.45 bits per heavy atom. The number of nitrogens with one attached hydrogen (secondary N) is 1. The molecule has 0 radical (unpaired) electrons. The molecule has 22 heavy (non-hydrogen) atoms. The topological polar surface area (TPSA) is 138 Å². The number of aromatic nitrogens is 2. The summed E-state index contributed by atoms with van der Waals surface area (Å²) in [5.74, 6) is 1.38.